The third-order valence-electron chi connectivity index (χ3n) is 8.21. The van der Waals surface area contributed by atoms with E-state index >= 15 is 0 Å². The molecule has 3 rings (SSSR count). The van der Waals surface area contributed by atoms with Gasteiger partial charge in [-0.25, -0.2) is 4.79 Å². The van der Waals surface area contributed by atoms with Crippen LogP contribution in [0.15, 0.2) is 72.8 Å². The number of alkyl carbamates (subject to hydrolysis) is 1. The Balaban J connectivity index is 1.83. The standard InChI is InChI=1S/C36H53NO5Si/c1-10-11-18-27-25-31(41-32(27)38)30(37-33(39)42-34(2,3)4)26-36(8,9)23-24-40-43(35(5,6)7,28-19-14-12-15-20-28)29-21-16-13-17-22-29/h10-17,19-22,27,30-31H,18,23-26H2,1-9H3,(H,37,39)/t27-,30+,31+/m1/s1. The highest BCUT2D eigenvalue weighted by Gasteiger charge is 2.50. The highest BCUT2D eigenvalue weighted by atomic mass is 28.4. The number of carbonyl (C=O) groups is 2. The second kappa shape index (κ2) is 14.3. The van der Waals surface area contributed by atoms with Crippen LogP contribution in [0.2, 0.25) is 5.04 Å². The molecule has 1 amide bonds. The topological polar surface area (TPSA) is 73.9 Å². The van der Waals surface area contributed by atoms with E-state index in [1.165, 1.54) is 10.4 Å². The molecule has 2 aromatic rings. The Labute approximate surface area is 260 Å². The zero-order valence-corrected chi connectivity index (χ0v) is 28.7. The van der Waals surface area contributed by atoms with E-state index in [9.17, 15) is 9.59 Å². The number of allylic oxidation sites excluding steroid dienone is 2. The van der Waals surface area contributed by atoms with Gasteiger partial charge in [0, 0.05) is 6.61 Å². The van der Waals surface area contributed by atoms with Crippen LogP contribution in [0, 0.1) is 11.3 Å². The van der Waals surface area contributed by atoms with Gasteiger partial charge in [-0.1, -0.05) is 107 Å². The van der Waals surface area contributed by atoms with Crippen molar-refractivity contribution in [2.75, 3.05) is 6.61 Å². The number of carbonyl (C=O) groups excluding carboxylic acids is 2. The van der Waals surface area contributed by atoms with Gasteiger partial charge in [-0.15, -0.1) is 0 Å². The zero-order chi connectivity index (χ0) is 31.9. The van der Waals surface area contributed by atoms with Gasteiger partial charge >= 0.3 is 12.1 Å². The highest BCUT2D eigenvalue weighted by Crippen LogP contribution is 2.38. The molecule has 236 valence electrons. The summed E-state index contributed by atoms with van der Waals surface area (Å²) in [5.74, 6) is -0.405. The highest BCUT2D eigenvalue weighted by molar-refractivity contribution is 6.99. The third kappa shape index (κ3) is 9.29. The minimum absolute atomic E-state index is 0.110. The Morgan fingerprint density at radius 3 is 2.02 bits per heavy atom. The molecule has 0 radical (unpaired) electrons. The van der Waals surface area contributed by atoms with Gasteiger partial charge in [-0.3, -0.25) is 4.79 Å². The van der Waals surface area contributed by atoms with Gasteiger partial charge in [0.1, 0.15) is 11.7 Å². The third-order valence-corrected chi connectivity index (χ3v) is 13.3. The van der Waals surface area contributed by atoms with Crippen LogP contribution in [0.5, 0.6) is 0 Å². The van der Waals surface area contributed by atoms with Crippen LogP contribution in [0.1, 0.15) is 88.0 Å². The van der Waals surface area contributed by atoms with Crippen LogP contribution < -0.4 is 15.7 Å². The van der Waals surface area contributed by atoms with Gasteiger partial charge in [0.05, 0.1) is 12.0 Å². The quantitative estimate of drug-likeness (QED) is 0.157. The van der Waals surface area contributed by atoms with Crippen LogP contribution in [0.4, 0.5) is 4.79 Å². The average Bonchev–Trinajstić information content (AvgIpc) is 3.29. The molecule has 1 aliphatic rings. The van der Waals surface area contributed by atoms with Crippen LogP contribution in [0.3, 0.4) is 0 Å². The molecule has 6 nitrogen and oxygen atoms in total. The number of amides is 1. The van der Waals surface area contributed by atoms with E-state index in [4.69, 9.17) is 13.9 Å². The van der Waals surface area contributed by atoms with Crippen LogP contribution in [0.25, 0.3) is 0 Å². The van der Waals surface area contributed by atoms with Crippen LogP contribution in [-0.4, -0.2) is 44.7 Å². The Morgan fingerprint density at radius 1 is 0.977 bits per heavy atom. The van der Waals surface area contributed by atoms with Gasteiger partial charge in [0.25, 0.3) is 8.32 Å². The monoisotopic (exact) mass is 607 g/mol. The fourth-order valence-corrected chi connectivity index (χ4v) is 10.6. The summed E-state index contributed by atoms with van der Waals surface area (Å²) in [5, 5.41) is 5.45. The van der Waals surface area contributed by atoms with Crippen molar-refractivity contribution in [3.8, 4) is 0 Å². The van der Waals surface area contributed by atoms with Crippen molar-refractivity contribution in [1.82, 2.24) is 5.32 Å². The molecule has 7 heteroatoms. The number of esters is 1. The number of hydrogen-bond donors (Lipinski definition) is 1. The molecule has 1 aliphatic heterocycles. The minimum Gasteiger partial charge on any atom is -0.460 e. The number of cyclic esters (lactones) is 1. The summed E-state index contributed by atoms with van der Waals surface area (Å²) in [6.07, 6.45) is 5.64. The molecule has 0 bridgehead atoms. The summed E-state index contributed by atoms with van der Waals surface area (Å²) in [5.41, 5.74) is -0.854. The summed E-state index contributed by atoms with van der Waals surface area (Å²) in [4.78, 5) is 25.6. The van der Waals surface area contributed by atoms with Crippen molar-refractivity contribution in [2.45, 2.75) is 111 Å². The Morgan fingerprint density at radius 2 is 1.53 bits per heavy atom. The molecule has 1 fully saturated rings. The predicted octanol–water partition coefficient (Wildman–Crippen LogP) is 7.16. The van der Waals surface area contributed by atoms with E-state index in [0.29, 0.717) is 25.9 Å². The lowest BCUT2D eigenvalue weighted by molar-refractivity contribution is -0.145. The van der Waals surface area contributed by atoms with Crippen molar-refractivity contribution in [2.24, 2.45) is 11.3 Å². The first-order valence-corrected chi connectivity index (χ1v) is 17.5. The molecule has 0 unspecified atom stereocenters. The van der Waals surface area contributed by atoms with Gasteiger partial charge in [-0.05, 0) is 74.2 Å². The summed E-state index contributed by atoms with van der Waals surface area (Å²) in [6, 6.07) is 20.9. The smallest absolute Gasteiger partial charge is 0.408 e. The van der Waals surface area contributed by atoms with Crippen molar-refractivity contribution in [1.29, 1.82) is 0 Å². The maximum atomic E-state index is 12.9. The summed E-state index contributed by atoms with van der Waals surface area (Å²) in [7, 11) is -2.66. The maximum Gasteiger partial charge on any atom is 0.408 e. The summed E-state index contributed by atoms with van der Waals surface area (Å²) in [6.45, 7) is 19.3. The fraction of sp³-hybridized carbons (Fsp3) is 0.556. The lowest BCUT2D eigenvalue weighted by Crippen LogP contribution is -2.66. The van der Waals surface area contributed by atoms with E-state index in [0.717, 1.165) is 6.42 Å². The Kier molecular flexibility index (Phi) is 11.5. The number of ether oxygens (including phenoxy) is 2. The van der Waals surface area contributed by atoms with Crippen molar-refractivity contribution in [3.05, 3.63) is 72.8 Å². The largest absolute Gasteiger partial charge is 0.460 e. The fourth-order valence-electron chi connectivity index (χ4n) is 6.08. The number of hydrogen-bond acceptors (Lipinski definition) is 5. The molecule has 0 aromatic heterocycles. The van der Waals surface area contributed by atoms with Crippen molar-refractivity contribution < 1.29 is 23.5 Å². The number of rotatable bonds is 12. The molecule has 2 aromatic carbocycles. The Hall–Kier alpha value is -2.90. The predicted molar refractivity (Wildman–Crippen MR) is 177 cm³/mol. The molecule has 0 spiro atoms. The molecule has 1 heterocycles. The van der Waals surface area contributed by atoms with Gasteiger partial charge in [0.15, 0.2) is 0 Å². The summed E-state index contributed by atoms with van der Waals surface area (Å²) >= 11 is 0. The van der Waals surface area contributed by atoms with Crippen molar-refractivity contribution >= 4 is 30.8 Å². The average molecular weight is 608 g/mol. The van der Waals surface area contributed by atoms with E-state index in [1.54, 1.807) is 0 Å². The molecule has 1 N–H and O–H groups in total. The van der Waals surface area contributed by atoms with Crippen LogP contribution >= 0.6 is 0 Å². The molecular formula is C36H53NO5Si. The zero-order valence-electron chi connectivity index (χ0n) is 27.7. The Bertz CT molecular complexity index is 1170. The van der Waals surface area contributed by atoms with Gasteiger partial charge in [0.2, 0.25) is 0 Å². The van der Waals surface area contributed by atoms with Gasteiger partial charge in [-0.2, -0.15) is 0 Å². The van der Waals surface area contributed by atoms with Gasteiger partial charge < -0.3 is 19.2 Å². The minimum atomic E-state index is -2.66. The molecular weight excluding hydrogens is 554 g/mol. The first kappa shape index (κ1) is 34.6. The van der Waals surface area contributed by atoms with Crippen molar-refractivity contribution in [3.63, 3.8) is 0 Å². The molecule has 1 saturated heterocycles. The second-order valence-electron chi connectivity index (χ2n) is 14.6. The van der Waals surface area contributed by atoms with E-state index in [2.05, 4.69) is 101 Å². The van der Waals surface area contributed by atoms with E-state index in [1.807, 2.05) is 39.8 Å². The maximum absolute atomic E-state index is 12.9. The first-order chi connectivity index (χ1) is 20.1. The normalized spacial score (nSPS) is 18.9. The van der Waals surface area contributed by atoms with Crippen LogP contribution in [-0.2, 0) is 18.7 Å². The number of benzene rings is 2. The molecule has 0 aliphatic carbocycles. The lowest BCUT2D eigenvalue weighted by atomic mass is 9.80. The SMILES string of the molecule is CC=CC[C@@H]1C[C@@H]([C@H](CC(C)(C)CCO[Si](c2ccccc2)(c2ccccc2)C(C)(C)C)NC(=O)OC(C)(C)C)OC1=O. The number of nitrogens with one attached hydrogen (secondary N) is 1. The first-order valence-electron chi connectivity index (χ1n) is 15.6. The molecule has 3 atom stereocenters. The molecule has 0 saturated carbocycles. The van der Waals surface area contributed by atoms with E-state index < -0.39 is 26.1 Å². The summed E-state index contributed by atoms with van der Waals surface area (Å²) < 4.78 is 18.6. The molecule has 43 heavy (non-hydrogen) atoms. The second-order valence-corrected chi connectivity index (χ2v) is 18.9. The lowest BCUT2D eigenvalue weighted by Gasteiger charge is -2.43. The van der Waals surface area contributed by atoms with E-state index in [-0.39, 0.29) is 28.4 Å².